The van der Waals surface area contributed by atoms with E-state index in [1.165, 1.54) is 12.8 Å². The Labute approximate surface area is 112 Å². The van der Waals surface area contributed by atoms with Gasteiger partial charge in [-0.3, -0.25) is 4.90 Å². The van der Waals surface area contributed by atoms with Gasteiger partial charge in [0.05, 0.1) is 0 Å². The molecule has 0 radical (unpaired) electrons. The summed E-state index contributed by atoms with van der Waals surface area (Å²) < 4.78 is 11.3. The Morgan fingerprint density at radius 1 is 1.22 bits per heavy atom. The van der Waals surface area contributed by atoms with Crippen molar-refractivity contribution in [2.45, 2.75) is 58.9 Å². The summed E-state index contributed by atoms with van der Waals surface area (Å²) in [6.07, 6.45) is 2.50. The number of nitrogens with zero attached hydrogens (tertiary/aromatic N) is 1. The van der Waals surface area contributed by atoms with Gasteiger partial charge >= 0.3 is 0 Å². The molecule has 0 amide bonds. The summed E-state index contributed by atoms with van der Waals surface area (Å²) in [7, 11) is 0. The van der Waals surface area contributed by atoms with E-state index < -0.39 is 0 Å². The van der Waals surface area contributed by atoms with Gasteiger partial charge in [-0.1, -0.05) is 0 Å². The highest BCUT2D eigenvalue weighted by Gasteiger charge is 2.22. The van der Waals surface area contributed by atoms with Crippen molar-refractivity contribution in [1.82, 2.24) is 10.2 Å². The van der Waals surface area contributed by atoms with E-state index >= 15 is 0 Å². The molecule has 1 saturated heterocycles. The summed E-state index contributed by atoms with van der Waals surface area (Å²) in [4.78, 5) is 2.46. The van der Waals surface area contributed by atoms with Gasteiger partial charge in [0.15, 0.2) is 6.29 Å². The van der Waals surface area contributed by atoms with Gasteiger partial charge in [0.25, 0.3) is 0 Å². The predicted molar refractivity (Wildman–Crippen MR) is 74.8 cm³/mol. The maximum absolute atomic E-state index is 5.64. The van der Waals surface area contributed by atoms with E-state index in [1.807, 2.05) is 13.8 Å². The van der Waals surface area contributed by atoms with Crippen molar-refractivity contribution in [2.24, 2.45) is 0 Å². The molecule has 0 bridgehead atoms. The molecule has 1 heterocycles. The molecule has 1 unspecified atom stereocenters. The van der Waals surface area contributed by atoms with Crippen molar-refractivity contribution in [2.75, 3.05) is 32.8 Å². The Balaban J connectivity index is 2.43. The molecule has 1 aliphatic heterocycles. The molecule has 4 heteroatoms. The van der Waals surface area contributed by atoms with Gasteiger partial charge in [-0.05, 0) is 47.1 Å². The number of rotatable bonds is 9. The molecule has 18 heavy (non-hydrogen) atoms. The zero-order valence-corrected chi connectivity index (χ0v) is 12.4. The first kappa shape index (κ1) is 15.9. The van der Waals surface area contributed by atoms with Crippen LogP contribution in [0.5, 0.6) is 0 Å². The minimum absolute atomic E-state index is 0.0937. The lowest BCUT2D eigenvalue weighted by molar-refractivity contribution is -0.150. The SMILES string of the molecule is CCOC(CN(CC1CCCN1)C(C)C)OCC. The molecule has 1 atom stereocenters. The molecular weight excluding hydrogens is 228 g/mol. The van der Waals surface area contributed by atoms with Crippen molar-refractivity contribution in [3.8, 4) is 0 Å². The number of hydrogen-bond acceptors (Lipinski definition) is 4. The molecule has 0 aromatic rings. The van der Waals surface area contributed by atoms with E-state index in [0.29, 0.717) is 25.3 Å². The van der Waals surface area contributed by atoms with Crippen LogP contribution < -0.4 is 5.32 Å². The van der Waals surface area contributed by atoms with E-state index in [-0.39, 0.29) is 6.29 Å². The van der Waals surface area contributed by atoms with Gasteiger partial charge in [-0.2, -0.15) is 0 Å². The van der Waals surface area contributed by atoms with Gasteiger partial charge in [0.1, 0.15) is 0 Å². The highest BCUT2D eigenvalue weighted by Crippen LogP contribution is 2.11. The summed E-state index contributed by atoms with van der Waals surface area (Å²) in [5.41, 5.74) is 0. The highest BCUT2D eigenvalue weighted by molar-refractivity contribution is 4.79. The highest BCUT2D eigenvalue weighted by atomic mass is 16.7. The second kappa shape index (κ2) is 8.86. The van der Waals surface area contributed by atoms with Gasteiger partial charge in [0.2, 0.25) is 0 Å². The van der Waals surface area contributed by atoms with E-state index in [4.69, 9.17) is 9.47 Å². The van der Waals surface area contributed by atoms with E-state index in [1.54, 1.807) is 0 Å². The Hall–Kier alpha value is -0.160. The maximum atomic E-state index is 5.64. The summed E-state index contributed by atoms with van der Waals surface area (Å²) >= 11 is 0. The number of hydrogen-bond donors (Lipinski definition) is 1. The van der Waals surface area contributed by atoms with Crippen LogP contribution in [0.4, 0.5) is 0 Å². The lowest BCUT2D eigenvalue weighted by atomic mass is 10.2. The lowest BCUT2D eigenvalue weighted by Crippen LogP contribution is -2.45. The molecule has 108 valence electrons. The summed E-state index contributed by atoms with van der Waals surface area (Å²) in [6.45, 7) is 13.0. The molecule has 1 fully saturated rings. The molecule has 0 saturated carbocycles. The van der Waals surface area contributed by atoms with E-state index in [0.717, 1.165) is 19.6 Å². The Morgan fingerprint density at radius 2 is 1.89 bits per heavy atom. The van der Waals surface area contributed by atoms with Crippen LogP contribution in [-0.4, -0.2) is 56.1 Å². The van der Waals surface area contributed by atoms with Gasteiger partial charge in [0, 0.05) is 38.4 Å². The zero-order chi connectivity index (χ0) is 13.4. The van der Waals surface area contributed by atoms with Crippen molar-refractivity contribution in [1.29, 1.82) is 0 Å². The summed E-state index contributed by atoms with van der Waals surface area (Å²) in [5, 5.41) is 3.56. The standard InChI is InChI=1S/C14H30N2O2/c1-5-17-14(18-6-2)11-16(12(3)4)10-13-8-7-9-15-13/h12-15H,5-11H2,1-4H3. The Kier molecular flexibility index (Phi) is 7.82. The Morgan fingerprint density at radius 3 is 2.33 bits per heavy atom. The third kappa shape index (κ3) is 5.65. The Bertz CT molecular complexity index is 200. The predicted octanol–water partition coefficient (Wildman–Crippen LogP) is 1.85. The molecule has 4 nitrogen and oxygen atoms in total. The quantitative estimate of drug-likeness (QED) is 0.640. The lowest BCUT2D eigenvalue weighted by Gasteiger charge is -2.32. The first-order chi connectivity index (χ1) is 8.67. The normalized spacial score (nSPS) is 20.5. The minimum Gasteiger partial charge on any atom is -0.352 e. The first-order valence-electron chi connectivity index (χ1n) is 7.38. The van der Waals surface area contributed by atoms with Crippen LogP contribution >= 0.6 is 0 Å². The molecule has 0 spiro atoms. The maximum Gasteiger partial charge on any atom is 0.170 e. The van der Waals surface area contributed by atoms with Crippen LogP contribution in [0.3, 0.4) is 0 Å². The third-order valence-electron chi connectivity index (χ3n) is 3.44. The second-order valence-electron chi connectivity index (χ2n) is 5.18. The van der Waals surface area contributed by atoms with Gasteiger partial charge in [-0.25, -0.2) is 0 Å². The van der Waals surface area contributed by atoms with Crippen molar-refractivity contribution in [3.05, 3.63) is 0 Å². The van der Waals surface area contributed by atoms with Gasteiger partial charge < -0.3 is 14.8 Å². The van der Waals surface area contributed by atoms with Gasteiger partial charge in [-0.15, -0.1) is 0 Å². The van der Waals surface area contributed by atoms with Crippen LogP contribution in [0.25, 0.3) is 0 Å². The molecule has 0 aromatic carbocycles. The molecule has 0 aliphatic carbocycles. The summed E-state index contributed by atoms with van der Waals surface area (Å²) in [5.74, 6) is 0. The third-order valence-corrected chi connectivity index (χ3v) is 3.44. The fourth-order valence-electron chi connectivity index (χ4n) is 2.41. The molecule has 1 N–H and O–H groups in total. The van der Waals surface area contributed by atoms with Crippen LogP contribution in [0, 0.1) is 0 Å². The fourth-order valence-corrected chi connectivity index (χ4v) is 2.41. The topological polar surface area (TPSA) is 33.7 Å². The molecule has 0 aromatic heterocycles. The van der Waals surface area contributed by atoms with Crippen LogP contribution in [0.15, 0.2) is 0 Å². The van der Waals surface area contributed by atoms with Crippen LogP contribution in [0.2, 0.25) is 0 Å². The van der Waals surface area contributed by atoms with Crippen LogP contribution in [-0.2, 0) is 9.47 Å². The molecular formula is C14H30N2O2. The van der Waals surface area contributed by atoms with E-state index in [2.05, 4.69) is 24.1 Å². The van der Waals surface area contributed by atoms with Crippen molar-refractivity contribution >= 4 is 0 Å². The smallest absolute Gasteiger partial charge is 0.170 e. The molecule has 1 rings (SSSR count). The zero-order valence-electron chi connectivity index (χ0n) is 12.4. The van der Waals surface area contributed by atoms with Crippen LogP contribution in [0.1, 0.15) is 40.5 Å². The average molecular weight is 258 g/mol. The number of ether oxygens (including phenoxy) is 2. The average Bonchev–Trinajstić information content (AvgIpc) is 2.81. The minimum atomic E-state index is -0.0937. The summed E-state index contributed by atoms with van der Waals surface area (Å²) in [6, 6.07) is 1.16. The van der Waals surface area contributed by atoms with Crippen molar-refractivity contribution < 1.29 is 9.47 Å². The first-order valence-corrected chi connectivity index (χ1v) is 7.38. The van der Waals surface area contributed by atoms with E-state index in [9.17, 15) is 0 Å². The largest absolute Gasteiger partial charge is 0.352 e. The second-order valence-corrected chi connectivity index (χ2v) is 5.18. The molecule has 1 aliphatic rings. The van der Waals surface area contributed by atoms with Crippen molar-refractivity contribution in [3.63, 3.8) is 0 Å². The monoisotopic (exact) mass is 258 g/mol. The fraction of sp³-hybridized carbons (Fsp3) is 1.00. The number of nitrogens with one attached hydrogen (secondary N) is 1.